The molecule has 37 heavy (non-hydrogen) atoms. The van der Waals surface area contributed by atoms with E-state index < -0.39 is 12.2 Å². The van der Waals surface area contributed by atoms with Gasteiger partial charge < -0.3 is 14.4 Å². The number of hydrogen-bond donors (Lipinski definition) is 0. The second-order valence-electron chi connectivity index (χ2n) is 9.10. The number of nitrogens with zero attached hydrogens (tertiary/aromatic N) is 1. The molecule has 6 heteroatoms. The molecule has 1 amide bonds. The van der Waals surface area contributed by atoms with E-state index in [1.807, 2.05) is 108 Å². The summed E-state index contributed by atoms with van der Waals surface area (Å²) in [6.07, 6.45) is -0.552. The molecule has 4 aromatic rings. The molecule has 1 heterocycles. The number of methoxy groups -OCH3 is 1. The predicted molar refractivity (Wildman–Crippen MR) is 147 cm³/mol. The standard InChI is InChI=1S/C31H27Cl2NO3/c1-36-27-17-7-22(8-18-27)20-34-29(23-9-13-25(32)14-10-23)30(24-11-15-26(33)16-12-24)37-28(31(34)35)19-21-5-3-2-4-6-21/h2-18,28-30H,19-20H2,1H3. The summed E-state index contributed by atoms with van der Waals surface area (Å²) in [6, 6.07) is 32.7. The van der Waals surface area contributed by atoms with Crippen LogP contribution in [0.15, 0.2) is 103 Å². The topological polar surface area (TPSA) is 38.8 Å². The molecule has 0 aliphatic carbocycles. The van der Waals surface area contributed by atoms with Gasteiger partial charge in [-0.2, -0.15) is 0 Å². The van der Waals surface area contributed by atoms with E-state index in [1.165, 1.54) is 0 Å². The maximum absolute atomic E-state index is 14.1. The zero-order valence-corrected chi connectivity index (χ0v) is 21.9. The number of rotatable bonds is 7. The Labute approximate surface area is 227 Å². The number of amides is 1. The number of hydrogen-bond acceptors (Lipinski definition) is 3. The third-order valence-electron chi connectivity index (χ3n) is 6.68. The number of benzene rings is 4. The molecule has 1 saturated heterocycles. The number of halogens is 2. The lowest BCUT2D eigenvalue weighted by molar-refractivity contribution is -0.175. The first-order chi connectivity index (χ1) is 18.0. The van der Waals surface area contributed by atoms with Crippen molar-refractivity contribution >= 4 is 29.1 Å². The van der Waals surface area contributed by atoms with E-state index in [4.69, 9.17) is 32.7 Å². The number of carbonyl (C=O) groups excluding carboxylic acids is 1. The van der Waals surface area contributed by atoms with Gasteiger partial charge >= 0.3 is 0 Å². The molecule has 4 aromatic carbocycles. The Morgan fingerprint density at radius 2 is 1.35 bits per heavy atom. The SMILES string of the molecule is COc1ccc(CN2C(=O)C(Cc3ccccc3)OC(c3ccc(Cl)cc3)C2c2ccc(Cl)cc2)cc1. The van der Waals surface area contributed by atoms with Gasteiger partial charge in [-0.1, -0.05) is 89.9 Å². The summed E-state index contributed by atoms with van der Waals surface area (Å²) < 4.78 is 12.0. The van der Waals surface area contributed by atoms with Gasteiger partial charge in [-0.25, -0.2) is 0 Å². The second-order valence-corrected chi connectivity index (χ2v) is 9.97. The fourth-order valence-corrected chi connectivity index (χ4v) is 5.04. The van der Waals surface area contributed by atoms with Crippen LogP contribution in [0.4, 0.5) is 0 Å². The average molecular weight is 532 g/mol. The van der Waals surface area contributed by atoms with Crippen molar-refractivity contribution in [2.24, 2.45) is 0 Å². The van der Waals surface area contributed by atoms with Crippen molar-refractivity contribution < 1.29 is 14.3 Å². The van der Waals surface area contributed by atoms with Crippen LogP contribution in [0.25, 0.3) is 0 Å². The van der Waals surface area contributed by atoms with Gasteiger partial charge in [0.15, 0.2) is 0 Å². The third kappa shape index (κ3) is 5.83. The van der Waals surface area contributed by atoms with Crippen LogP contribution in [-0.4, -0.2) is 24.0 Å². The molecule has 1 aliphatic rings. The van der Waals surface area contributed by atoms with Crippen LogP contribution in [-0.2, 0) is 22.5 Å². The van der Waals surface area contributed by atoms with Crippen molar-refractivity contribution in [3.05, 3.63) is 135 Å². The minimum Gasteiger partial charge on any atom is -0.497 e. The van der Waals surface area contributed by atoms with Crippen LogP contribution in [0.1, 0.15) is 34.4 Å². The lowest BCUT2D eigenvalue weighted by Crippen LogP contribution is -2.51. The molecule has 3 unspecified atom stereocenters. The summed E-state index contributed by atoms with van der Waals surface area (Å²) in [4.78, 5) is 16.0. The van der Waals surface area contributed by atoms with E-state index >= 15 is 0 Å². The summed E-state index contributed by atoms with van der Waals surface area (Å²) in [5, 5.41) is 1.29. The van der Waals surface area contributed by atoms with Crippen LogP contribution in [0.2, 0.25) is 10.0 Å². The lowest BCUT2D eigenvalue weighted by atomic mass is 9.90. The van der Waals surface area contributed by atoms with Crippen molar-refractivity contribution in [2.75, 3.05) is 7.11 Å². The fraction of sp³-hybridized carbons (Fsp3) is 0.194. The Balaban J connectivity index is 1.58. The maximum atomic E-state index is 14.1. The minimum atomic E-state index is -0.634. The molecule has 0 bridgehead atoms. The Bertz CT molecular complexity index is 1330. The molecule has 5 rings (SSSR count). The second kappa shape index (κ2) is 11.4. The van der Waals surface area contributed by atoms with Gasteiger partial charge in [0, 0.05) is 23.0 Å². The highest BCUT2D eigenvalue weighted by atomic mass is 35.5. The van der Waals surface area contributed by atoms with Gasteiger partial charge in [-0.05, 0) is 58.7 Å². The van der Waals surface area contributed by atoms with Crippen LogP contribution < -0.4 is 4.74 Å². The van der Waals surface area contributed by atoms with E-state index in [9.17, 15) is 4.79 Å². The van der Waals surface area contributed by atoms with E-state index in [2.05, 4.69) is 0 Å². The molecule has 0 aromatic heterocycles. The van der Waals surface area contributed by atoms with E-state index in [0.29, 0.717) is 23.0 Å². The highest BCUT2D eigenvalue weighted by Gasteiger charge is 2.44. The Morgan fingerprint density at radius 1 is 0.757 bits per heavy atom. The molecular formula is C31H27Cl2NO3. The van der Waals surface area contributed by atoms with Gasteiger partial charge in [-0.15, -0.1) is 0 Å². The molecule has 1 fully saturated rings. The summed E-state index contributed by atoms with van der Waals surface area (Å²) >= 11 is 12.4. The average Bonchev–Trinajstić information content (AvgIpc) is 2.93. The van der Waals surface area contributed by atoms with Crippen molar-refractivity contribution in [2.45, 2.75) is 31.2 Å². The highest BCUT2D eigenvalue weighted by Crippen LogP contribution is 2.43. The Kier molecular flexibility index (Phi) is 7.80. The first-order valence-corrected chi connectivity index (χ1v) is 12.9. The summed E-state index contributed by atoms with van der Waals surface area (Å²) in [7, 11) is 1.64. The van der Waals surface area contributed by atoms with Crippen LogP contribution in [0.5, 0.6) is 5.75 Å². The highest BCUT2D eigenvalue weighted by molar-refractivity contribution is 6.30. The predicted octanol–water partition coefficient (Wildman–Crippen LogP) is 7.45. The molecule has 0 spiro atoms. The smallest absolute Gasteiger partial charge is 0.253 e. The zero-order valence-electron chi connectivity index (χ0n) is 20.4. The van der Waals surface area contributed by atoms with E-state index in [1.54, 1.807) is 7.11 Å². The molecule has 0 N–H and O–H groups in total. The summed E-state index contributed by atoms with van der Waals surface area (Å²) in [5.74, 6) is 0.720. The van der Waals surface area contributed by atoms with Crippen LogP contribution in [0.3, 0.4) is 0 Å². The van der Waals surface area contributed by atoms with Crippen molar-refractivity contribution in [1.82, 2.24) is 4.90 Å². The monoisotopic (exact) mass is 531 g/mol. The molecule has 3 atom stereocenters. The van der Waals surface area contributed by atoms with E-state index in [0.717, 1.165) is 28.0 Å². The number of ether oxygens (including phenoxy) is 2. The number of carbonyl (C=O) groups is 1. The van der Waals surface area contributed by atoms with E-state index in [-0.39, 0.29) is 11.9 Å². The molecule has 4 nitrogen and oxygen atoms in total. The Morgan fingerprint density at radius 3 is 1.95 bits per heavy atom. The first-order valence-electron chi connectivity index (χ1n) is 12.2. The van der Waals surface area contributed by atoms with Crippen LogP contribution >= 0.6 is 23.2 Å². The van der Waals surface area contributed by atoms with Gasteiger partial charge in [0.2, 0.25) is 0 Å². The van der Waals surface area contributed by atoms with Gasteiger partial charge in [0.25, 0.3) is 5.91 Å². The maximum Gasteiger partial charge on any atom is 0.253 e. The lowest BCUT2D eigenvalue weighted by Gasteiger charge is -2.45. The molecule has 0 saturated carbocycles. The first kappa shape index (κ1) is 25.3. The largest absolute Gasteiger partial charge is 0.497 e. The summed E-state index contributed by atoms with van der Waals surface area (Å²) in [5.41, 5.74) is 3.95. The van der Waals surface area contributed by atoms with Crippen molar-refractivity contribution in [1.29, 1.82) is 0 Å². The van der Waals surface area contributed by atoms with Crippen molar-refractivity contribution in [3.8, 4) is 5.75 Å². The Hall–Kier alpha value is -3.31. The third-order valence-corrected chi connectivity index (χ3v) is 7.18. The molecular weight excluding hydrogens is 505 g/mol. The molecule has 1 aliphatic heterocycles. The fourth-order valence-electron chi connectivity index (χ4n) is 4.79. The number of morpholine rings is 1. The molecule has 0 radical (unpaired) electrons. The zero-order chi connectivity index (χ0) is 25.8. The quantitative estimate of drug-likeness (QED) is 0.248. The van der Waals surface area contributed by atoms with Gasteiger partial charge in [0.05, 0.1) is 13.2 Å². The van der Waals surface area contributed by atoms with Gasteiger partial charge in [0.1, 0.15) is 18.0 Å². The van der Waals surface area contributed by atoms with Crippen LogP contribution in [0, 0.1) is 0 Å². The summed E-state index contributed by atoms with van der Waals surface area (Å²) in [6.45, 7) is 0.425. The molecule has 188 valence electrons. The normalized spacial score (nSPS) is 19.6. The van der Waals surface area contributed by atoms with Crippen molar-refractivity contribution in [3.63, 3.8) is 0 Å². The minimum absolute atomic E-state index is 0.0511. The van der Waals surface area contributed by atoms with Gasteiger partial charge in [-0.3, -0.25) is 4.79 Å².